The van der Waals surface area contributed by atoms with Gasteiger partial charge in [-0.05, 0) is 6.07 Å². The predicted octanol–water partition coefficient (Wildman–Crippen LogP) is 0.643. The SMILES string of the molecule is Nc1ccc([N+](=O)[O-])cc1S(=O)(=O)NCc1ccon1. The first-order valence-electron chi connectivity index (χ1n) is 5.33. The van der Waals surface area contributed by atoms with Gasteiger partial charge in [0.25, 0.3) is 5.69 Å². The number of nitrogens with two attached hydrogens (primary N) is 1. The monoisotopic (exact) mass is 298 g/mol. The Balaban J connectivity index is 2.28. The molecule has 0 atom stereocenters. The van der Waals surface area contributed by atoms with Crippen LogP contribution < -0.4 is 10.5 Å². The number of nitro groups is 1. The fourth-order valence-corrected chi connectivity index (χ4v) is 2.59. The van der Waals surface area contributed by atoms with Crippen LogP contribution in [0.5, 0.6) is 0 Å². The molecular formula is C10H10N4O5S. The zero-order chi connectivity index (χ0) is 14.8. The summed E-state index contributed by atoms with van der Waals surface area (Å²) in [7, 11) is -3.98. The third-order valence-electron chi connectivity index (χ3n) is 2.43. The van der Waals surface area contributed by atoms with Gasteiger partial charge < -0.3 is 10.3 Å². The van der Waals surface area contributed by atoms with Crippen molar-refractivity contribution in [1.82, 2.24) is 9.88 Å². The predicted molar refractivity (Wildman–Crippen MR) is 68.0 cm³/mol. The lowest BCUT2D eigenvalue weighted by atomic mass is 10.3. The van der Waals surface area contributed by atoms with Crippen molar-refractivity contribution in [3.63, 3.8) is 0 Å². The van der Waals surface area contributed by atoms with Crippen LogP contribution in [-0.2, 0) is 16.6 Å². The van der Waals surface area contributed by atoms with Gasteiger partial charge in [0, 0.05) is 18.2 Å². The highest BCUT2D eigenvalue weighted by Gasteiger charge is 2.21. The molecule has 1 heterocycles. The lowest BCUT2D eigenvalue weighted by Crippen LogP contribution is -2.24. The minimum Gasteiger partial charge on any atom is -0.398 e. The van der Waals surface area contributed by atoms with Gasteiger partial charge >= 0.3 is 0 Å². The zero-order valence-electron chi connectivity index (χ0n) is 10.0. The Kier molecular flexibility index (Phi) is 3.68. The zero-order valence-corrected chi connectivity index (χ0v) is 10.8. The van der Waals surface area contributed by atoms with Gasteiger partial charge in [-0.3, -0.25) is 10.1 Å². The number of rotatable bonds is 5. The Morgan fingerprint density at radius 2 is 2.15 bits per heavy atom. The number of sulfonamides is 1. The van der Waals surface area contributed by atoms with E-state index in [1.807, 2.05) is 0 Å². The van der Waals surface area contributed by atoms with Crippen molar-refractivity contribution in [2.75, 3.05) is 5.73 Å². The maximum Gasteiger partial charge on any atom is 0.270 e. The number of aromatic nitrogens is 1. The van der Waals surface area contributed by atoms with Gasteiger partial charge in [0.1, 0.15) is 11.2 Å². The van der Waals surface area contributed by atoms with Crippen LogP contribution in [0.2, 0.25) is 0 Å². The summed E-state index contributed by atoms with van der Waals surface area (Å²) in [6.07, 6.45) is 1.30. The van der Waals surface area contributed by atoms with E-state index in [4.69, 9.17) is 5.73 Å². The molecule has 0 unspecified atom stereocenters. The molecule has 0 fully saturated rings. The molecule has 10 heteroatoms. The molecule has 0 radical (unpaired) electrons. The molecule has 0 spiro atoms. The van der Waals surface area contributed by atoms with Crippen molar-refractivity contribution >= 4 is 21.4 Å². The van der Waals surface area contributed by atoms with Crippen molar-refractivity contribution in [3.05, 3.63) is 46.3 Å². The quantitative estimate of drug-likeness (QED) is 0.468. The number of nitro benzene ring substituents is 1. The standard InChI is InChI=1S/C10H10N4O5S/c11-9-2-1-8(14(15)16)5-10(9)20(17,18)12-6-7-3-4-19-13-7/h1-5,12H,6,11H2. The number of non-ortho nitro benzene ring substituents is 1. The van der Waals surface area contributed by atoms with E-state index in [-0.39, 0.29) is 22.8 Å². The second-order valence-corrected chi connectivity index (χ2v) is 5.53. The molecule has 0 bridgehead atoms. The lowest BCUT2D eigenvalue weighted by molar-refractivity contribution is -0.385. The maximum absolute atomic E-state index is 12.1. The van der Waals surface area contributed by atoms with Crippen molar-refractivity contribution < 1.29 is 17.9 Å². The van der Waals surface area contributed by atoms with Gasteiger partial charge in [0.15, 0.2) is 0 Å². The van der Waals surface area contributed by atoms with Crippen LogP contribution in [0.4, 0.5) is 11.4 Å². The average molecular weight is 298 g/mol. The Bertz CT molecular complexity index is 726. The Morgan fingerprint density at radius 1 is 1.40 bits per heavy atom. The minimum absolute atomic E-state index is 0.0803. The Hall–Kier alpha value is -2.46. The summed E-state index contributed by atoms with van der Waals surface area (Å²) in [4.78, 5) is 9.61. The smallest absolute Gasteiger partial charge is 0.270 e. The van der Waals surface area contributed by atoms with Crippen LogP contribution in [0.1, 0.15) is 5.69 Å². The third-order valence-corrected chi connectivity index (χ3v) is 3.89. The molecule has 0 aliphatic rings. The highest BCUT2D eigenvalue weighted by Crippen LogP contribution is 2.23. The Morgan fingerprint density at radius 3 is 2.75 bits per heavy atom. The van der Waals surface area contributed by atoms with E-state index in [9.17, 15) is 18.5 Å². The summed E-state index contributed by atoms with van der Waals surface area (Å²) in [5.41, 5.74) is 5.48. The Labute approximate surface area is 113 Å². The number of hydrogen-bond donors (Lipinski definition) is 2. The maximum atomic E-state index is 12.1. The van der Waals surface area contributed by atoms with Gasteiger partial charge in [-0.25, -0.2) is 13.1 Å². The van der Waals surface area contributed by atoms with Crippen LogP contribution in [0.25, 0.3) is 0 Å². The molecule has 0 aliphatic heterocycles. The molecule has 1 aromatic carbocycles. The van der Waals surface area contributed by atoms with Crippen LogP contribution >= 0.6 is 0 Å². The van der Waals surface area contributed by atoms with E-state index in [0.717, 1.165) is 12.1 Å². The summed E-state index contributed by atoms with van der Waals surface area (Å²) < 4.78 is 30.9. The van der Waals surface area contributed by atoms with Crippen molar-refractivity contribution in [2.24, 2.45) is 0 Å². The van der Waals surface area contributed by atoms with Gasteiger partial charge in [0.05, 0.1) is 22.8 Å². The second-order valence-electron chi connectivity index (χ2n) is 3.79. The van der Waals surface area contributed by atoms with Crippen molar-refractivity contribution in [1.29, 1.82) is 0 Å². The van der Waals surface area contributed by atoms with Gasteiger partial charge in [-0.1, -0.05) is 5.16 Å². The minimum atomic E-state index is -3.98. The normalized spacial score (nSPS) is 11.4. The summed E-state index contributed by atoms with van der Waals surface area (Å²) in [5.74, 6) is 0. The fourth-order valence-electron chi connectivity index (χ4n) is 1.44. The molecule has 0 amide bonds. The highest BCUT2D eigenvalue weighted by molar-refractivity contribution is 7.89. The lowest BCUT2D eigenvalue weighted by Gasteiger charge is -2.07. The molecule has 2 aromatic rings. The summed E-state index contributed by atoms with van der Waals surface area (Å²) in [6.45, 7) is -0.110. The van der Waals surface area contributed by atoms with Gasteiger partial charge in [-0.15, -0.1) is 0 Å². The molecule has 0 saturated heterocycles. The van der Waals surface area contributed by atoms with Gasteiger partial charge in [0.2, 0.25) is 10.0 Å². The first-order chi connectivity index (χ1) is 9.40. The first kappa shape index (κ1) is 14.0. The van der Waals surface area contributed by atoms with E-state index >= 15 is 0 Å². The molecule has 3 N–H and O–H groups in total. The molecule has 106 valence electrons. The molecule has 1 aromatic heterocycles. The summed E-state index contributed by atoms with van der Waals surface area (Å²) >= 11 is 0. The van der Waals surface area contributed by atoms with Crippen molar-refractivity contribution in [2.45, 2.75) is 11.4 Å². The molecule has 9 nitrogen and oxygen atoms in total. The second kappa shape index (κ2) is 5.27. The molecule has 20 heavy (non-hydrogen) atoms. The number of nitrogens with zero attached hydrogens (tertiary/aromatic N) is 2. The number of nitrogen functional groups attached to an aromatic ring is 1. The molecular weight excluding hydrogens is 288 g/mol. The van der Waals surface area contributed by atoms with E-state index in [1.54, 1.807) is 0 Å². The number of nitrogens with one attached hydrogen (secondary N) is 1. The first-order valence-corrected chi connectivity index (χ1v) is 6.81. The van der Waals surface area contributed by atoms with E-state index < -0.39 is 14.9 Å². The van der Waals surface area contributed by atoms with Crippen LogP contribution in [0.15, 0.2) is 39.9 Å². The van der Waals surface area contributed by atoms with E-state index in [2.05, 4.69) is 14.4 Å². The van der Waals surface area contributed by atoms with Crippen LogP contribution in [0.3, 0.4) is 0 Å². The van der Waals surface area contributed by atoms with Crippen molar-refractivity contribution in [3.8, 4) is 0 Å². The topological polar surface area (TPSA) is 141 Å². The summed E-state index contributed by atoms with van der Waals surface area (Å²) in [6, 6.07) is 4.69. The highest BCUT2D eigenvalue weighted by atomic mass is 32.2. The number of anilines is 1. The van der Waals surface area contributed by atoms with Gasteiger partial charge in [-0.2, -0.15) is 0 Å². The van der Waals surface area contributed by atoms with Crippen LogP contribution in [0, 0.1) is 10.1 Å². The fraction of sp³-hybridized carbons (Fsp3) is 0.100. The largest absolute Gasteiger partial charge is 0.398 e. The molecule has 0 aliphatic carbocycles. The van der Waals surface area contributed by atoms with Crippen LogP contribution in [-0.4, -0.2) is 18.5 Å². The van der Waals surface area contributed by atoms with E-state index in [1.165, 1.54) is 18.4 Å². The number of benzene rings is 1. The molecule has 2 rings (SSSR count). The third kappa shape index (κ3) is 2.92. The number of hydrogen-bond acceptors (Lipinski definition) is 7. The van der Waals surface area contributed by atoms with E-state index in [0.29, 0.717) is 5.69 Å². The molecule has 0 saturated carbocycles. The summed E-state index contributed by atoms with van der Waals surface area (Å²) in [5, 5.41) is 14.2. The average Bonchev–Trinajstić information content (AvgIpc) is 2.89.